The van der Waals surface area contributed by atoms with Crippen LogP contribution in [0.2, 0.25) is 0 Å². The monoisotopic (exact) mass is 597 g/mol. The Balaban J connectivity index is 1.30. The van der Waals surface area contributed by atoms with Gasteiger partial charge in [0.2, 0.25) is 0 Å². The van der Waals surface area contributed by atoms with E-state index in [-0.39, 0.29) is 36.5 Å². The van der Waals surface area contributed by atoms with Gasteiger partial charge in [0, 0.05) is 4.88 Å². The fourth-order valence-electron chi connectivity index (χ4n) is 3.33. The zero-order valence-electron chi connectivity index (χ0n) is 20.5. The molecule has 3 aromatic carbocycles. The number of nitrogens with zero attached hydrogens (tertiary/aromatic N) is 1. The molecule has 10 nitrogen and oxygen atoms in total. The van der Waals surface area contributed by atoms with Crippen molar-refractivity contribution < 1.29 is 38.5 Å². The molecule has 4 rings (SSSR count). The van der Waals surface area contributed by atoms with Gasteiger partial charge in [-0.05, 0) is 65.7 Å². The van der Waals surface area contributed by atoms with Gasteiger partial charge >= 0.3 is 17.9 Å². The average Bonchev–Trinajstić information content (AvgIpc) is 3.38. The SMILES string of the molecule is O=C(CCC(=O)Oc1ccccc1C(=O)Oc1cccc(CO[N+](=O)[O-])c1)Oc1ccc(-c2cc(=S)ss2)cc1. The Hall–Kier alpha value is -4.46. The Bertz CT molecular complexity index is 1600. The quantitative estimate of drug-likeness (QED) is 0.0476. The molecule has 40 heavy (non-hydrogen) atoms. The highest BCUT2D eigenvalue weighted by Crippen LogP contribution is 2.30. The van der Waals surface area contributed by atoms with Gasteiger partial charge in [-0.15, -0.1) is 10.1 Å². The highest BCUT2D eigenvalue weighted by atomic mass is 32.9. The molecule has 0 radical (unpaired) electrons. The molecular weight excluding hydrogens is 578 g/mol. The van der Waals surface area contributed by atoms with Crippen LogP contribution in [0, 0.1) is 13.9 Å². The van der Waals surface area contributed by atoms with Crippen molar-refractivity contribution in [2.24, 2.45) is 0 Å². The second kappa shape index (κ2) is 13.6. The molecular formula is C27H19NO9S3. The van der Waals surface area contributed by atoms with Crippen molar-refractivity contribution in [2.45, 2.75) is 19.4 Å². The van der Waals surface area contributed by atoms with Crippen molar-refractivity contribution >= 4 is 50.8 Å². The summed E-state index contributed by atoms with van der Waals surface area (Å²) in [5, 5.41) is 9.47. The maximum absolute atomic E-state index is 12.7. The number of rotatable bonds is 11. The third-order valence-corrected chi connectivity index (χ3v) is 8.05. The van der Waals surface area contributed by atoms with Crippen LogP contribution in [-0.2, 0) is 21.0 Å². The summed E-state index contributed by atoms with van der Waals surface area (Å²) in [6.45, 7) is -0.313. The standard InChI is InChI=1S/C27H19NO9S3/c29-24(35-19-10-8-18(9-11-19)23-15-26(38)40-39-23)12-13-25(30)37-22-7-2-1-6-21(22)27(31)36-20-5-3-4-17(14-20)16-34-28(32)33/h1-11,14-15H,12-13,16H2. The number of carbonyl (C=O) groups excluding carboxylic acids is 3. The molecule has 1 aromatic heterocycles. The van der Waals surface area contributed by atoms with Crippen LogP contribution in [0.5, 0.6) is 17.2 Å². The molecule has 204 valence electrons. The molecule has 0 atom stereocenters. The maximum atomic E-state index is 12.7. The summed E-state index contributed by atoms with van der Waals surface area (Å²) in [6.07, 6.45) is -0.519. The summed E-state index contributed by atoms with van der Waals surface area (Å²) in [7, 11) is 3.07. The van der Waals surface area contributed by atoms with Crippen LogP contribution in [0.3, 0.4) is 0 Å². The van der Waals surface area contributed by atoms with E-state index >= 15 is 0 Å². The van der Waals surface area contributed by atoms with Crippen LogP contribution >= 0.6 is 32.9 Å². The van der Waals surface area contributed by atoms with E-state index in [0.717, 1.165) is 14.3 Å². The Labute approximate surface area is 239 Å². The number of hydrogen-bond acceptors (Lipinski definition) is 12. The number of esters is 3. The molecule has 0 aliphatic carbocycles. The summed E-state index contributed by atoms with van der Waals surface area (Å²) in [6, 6.07) is 20.8. The lowest BCUT2D eigenvalue weighted by Crippen LogP contribution is -2.16. The first-order valence-corrected chi connectivity index (χ1v) is 14.1. The van der Waals surface area contributed by atoms with Crippen LogP contribution in [0.1, 0.15) is 28.8 Å². The van der Waals surface area contributed by atoms with E-state index in [4.69, 9.17) is 26.4 Å². The second-order valence-electron chi connectivity index (χ2n) is 8.00. The van der Waals surface area contributed by atoms with E-state index in [1.165, 1.54) is 34.6 Å². The fourth-order valence-corrected chi connectivity index (χ4v) is 5.73. The maximum Gasteiger partial charge on any atom is 0.347 e. The number of carbonyl (C=O) groups is 3. The van der Waals surface area contributed by atoms with Crippen LogP contribution in [0.4, 0.5) is 0 Å². The Morgan fingerprint density at radius 2 is 1.52 bits per heavy atom. The first-order chi connectivity index (χ1) is 19.3. The first kappa shape index (κ1) is 28.5. The lowest BCUT2D eigenvalue weighted by Gasteiger charge is -2.10. The molecule has 0 spiro atoms. The molecule has 0 N–H and O–H groups in total. The highest BCUT2D eigenvalue weighted by Gasteiger charge is 2.18. The molecule has 0 fully saturated rings. The summed E-state index contributed by atoms with van der Waals surface area (Å²) >= 11 is 5.15. The van der Waals surface area contributed by atoms with Crippen LogP contribution in [-0.4, -0.2) is 23.0 Å². The molecule has 0 saturated carbocycles. The zero-order chi connectivity index (χ0) is 28.5. The highest BCUT2D eigenvalue weighted by molar-refractivity contribution is 7.80. The Kier molecular flexibility index (Phi) is 9.67. The minimum atomic E-state index is -0.926. The van der Waals surface area contributed by atoms with Gasteiger partial charge in [-0.25, -0.2) is 4.79 Å². The second-order valence-corrected chi connectivity index (χ2v) is 10.9. The Morgan fingerprint density at radius 1 is 0.800 bits per heavy atom. The van der Waals surface area contributed by atoms with E-state index in [0.29, 0.717) is 11.3 Å². The van der Waals surface area contributed by atoms with E-state index in [1.807, 2.05) is 18.2 Å². The lowest BCUT2D eigenvalue weighted by molar-refractivity contribution is -0.763. The zero-order valence-corrected chi connectivity index (χ0v) is 22.9. The summed E-state index contributed by atoms with van der Waals surface area (Å²) in [4.78, 5) is 53.2. The third-order valence-electron chi connectivity index (χ3n) is 5.14. The molecule has 0 unspecified atom stereocenters. The topological polar surface area (TPSA) is 131 Å². The summed E-state index contributed by atoms with van der Waals surface area (Å²) in [5.41, 5.74) is 1.34. The van der Waals surface area contributed by atoms with Gasteiger partial charge in [-0.3, -0.25) is 9.59 Å². The number of benzene rings is 3. The largest absolute Gasteiger partial charge is 0.427 e. The van der Waals surface area contributed by atoms with Gasteiger partial charge in [-0.2, -0.15) is 0 Å². The van der Waals surface area contributed by atoms with Crippen molar-refractivity contribution in [1.82, 2.24) is 0 Å². The molecule has 0 amide bonds. The van der Waals surface area contributed by atoms with Crippen molar-refractivity contribution in [3.8, 4) is 27.7 Å². The van der Waals surface area contributed by atoms with Crippen LogP contribution in [0.25, 0.3) is 10.4 Å². The van der Waals surface area contributed by atoms with Crippen molar-refractivity contribution in [3.63, 3.8) is 0 Å². The molecule has 0 bridgehead atoms. The minimum Gasteiger partial charge on any atom is -0.427 e. The van der Waals surface area contributed by atoms with E-state index < -0.39 is 23.0 Å². The lowest BCUT2D eigenvalue weighted by atomic mass is 10.2. The summed E-state index contributed by atoms with van der Waals surface area (Å²) < 4.78 is 16.7. The number of ether oxygens (including phenoxy) is 3. The molecule has 0 aliphatic rings. The Morgan fingerprint density at radius 3 is 2.23 bits per heavy atom. The molecule has 0 aliphatic heterocycles. The minimum absolute atomic E-state index is 0.0276. The predicted octanol–water partition coefficient (Wildman–Crippen LogP) is 6.42. The van der Waals surface area contributed by atoms with E-state index in [9.17, 15) is 24.5 Å². The molecule has 1 heterocycles. The normalized spacial score (nSPS) is 10.4. The van der Waals surface area contributed by atoms with Gasteiger partial charge in [0.25, 0.3) is 5.09 Å². The van der Waals surface area contributed by atoms with Gasteiger partial charge in [-0.1, -0.05) is 57.2 Å². The van der Waals surface area contributed by atoms with Crippen molar-refractivity contribution in [2.75, 3.05) is 0 Å². The fraction of sp³-hybridized carbons (Fsp3) is 0.111. The van der Waals surface area contributed by atoms with Crippen LogP contribution < -0.4 is 14.2 Å². The van der Waals surface area contributed by atoms with Crippen molar-refractivity contribution in [1.29, 1.82) is 0 Å². The van der Waals surface area contributed by atoms with Gasteiger partial charge in [0.05, 0.1) is 12.8 Å². The molecule has 13 heteroatoms. The number of hydrogen-bond donors (Lipinski definition) is 0. The van der Waals surface area contributed by atoms with Gasteiger partial charge in [0.1, 0.15) is 33.2 Å². The number of para-hydroxylation sites is 1. The average molecular weight is 598 g/mol. The summed E-state index contributed by atoms with van der Waals surface area (Å²) in [5.74, 6) is -1.78. The smallest absolute Gasteiger partial charge is 0.347 e. The van der Waals surface area contributed by atoms with E-state index in [2.05, 4.69) is 4.84 Å². The first-order valence-electron chi connectivity index (χ1n) is 11.6. The molecule has 0 saturated heterocycles. The molecule has 4 aromatic rings. The predicted molar refractivity (Wildman–Crippen MR) is 149 cm³/mol. The van der Waals surface area contributed by atoms with Gasteiger partial charge in [0.15, 0.2) is 0 Å². The van der Waals surface area contributed by atoms with E-state index in [1.54, 1.807) is 46.7 Å². The third kappa shape index (κ3) is 8.27. The van der Waals surface area contributed by atoms with Gasteiger partial charge < -0.3 is 19.0 Å². The van der Waals surface area contributed by atoms with Crippen molar-refractivity contribution in [3.05, 3.63) is 104 Å². The van der Waals surface area contributed by atoms with Crippen LogP contribution in [0.15, 0.2) is 78.9 Å².